The molecule has 0 saturated carbocycles. The molecule has 2 aromatic rings. The van der Waals surface area contributed by atoms with Gasteiger partial charge in [-0.15, -0.1) is 0 Å². The first-order valence-corrected chi connectivity index (χ1v) is 9.55. The predicted molar refractivity (Wildman–Crippen MR) is 103 cm³/mol. The molecule has 1 aromatic carbocycles. The summed E-state index contributed by atoms with van der Waals surface area (Å²) in [5.41, 5.74) is 3.06. The minimum Gasteiger partial charge on any atom is -0.496 e. The lowest BCUT2D eigenvalue weighted by atomic mass is 9.89. The van der Waals surface area contributed by atoms with Crippen molar-refractivity contribution in [3.8, 4) is 5.75 Å². The first kappa shape index (κ1) is 18.6. The van der Waals surface area contributed by atoms with Crippen LogP contribution in [0.15, 0.2) is 30.5 Å². The second-order valence-electron chi connectivity index (χ2n) is 7.14. The van der Waals surface area contributed by atoms with Gasteiger partial charge in [-0.1, -0.05) is 19.1 Å². The zero-order valence-electron chi connectivity index (χ0n) is 16.1. The third-order valence-electron chi connectivity index (χ3n) is 5.14. The van der Waals surface area contributed by atoms with E-state index in [1.54, 1.807) is 7.11 Å². The fourth-order valence-corrected chi connectivity index (χ4v) is 3.78. The minimum atomic E-state index is 0.0334. The van der Waals surface area contributed by atoms with Crippen LogP contribution in [0.4, 0.5) is 0 Å². The van der Waals surface area contributed by atoms with Crippen LogP contribution in [0.3, 0.4) is 0 Å². The average molecular weight is 355 g/mol. The molecule has 1 aromatic heterocycles. The number of aromatic nitrogens is 2. The largest absolute Gasteiger partial charge is 0.496 e. The number of benzene rings is 1. The van der Waals surface area contributed by atoms with Gasteiger partial charge in [-0.3, -0.25) is 14.4 Å². The Kier molecular flexibility index (Phi) is 6.09. The number of nitrogens with zero attached hydrogens (tertiary/aromatic N) is 3. The van der Waals surface area contributed by atoms with E-state index in [9.17, 15) is 4.79 Å². The van der Waals surface area contributed by atoms with Crippen molar-refractivity contribution in [2.24, 2.45) is 5.92 Å². The van der Waals surface area contributed by atoms with Gasteiger partial charge in [0, 0.05) is 37.3 Å². The van der Waals surface area contributed by atoms with Gasteiger partial charge in [-0.2, -0.15) is 5.10 Å². The molecule has 0 bridgehead atoms. The molecule has 1 aliphatic heterocycles. The number of hydrogen-bond donors (Lipinski definition) is 0. The number of Topliss-reactive ketones (excluding diaryl/α,β-unsaturated/α-hetero) is 1. The molecule has 2 heterocycles. The van der Waals surface area contributed by atoms with Gasteiger partial charge in [0.25, 0.3) is 0 Å². The third kappa shape index (κ3) is 4.15. The number of carbonyl (C=O) groups is 1. The quantitative estimate of drug-likeness (QED) is 0.711. The molecule has 140 valence electrons. The number of piperidine rings is 1. The average Bonchev–Trinajstić information content (AvgIpc) is 3.00. The van der Waals surface area contributed by atoms with E-state index in [1.807, 2.05) is 28.9 Å². The summed E-state index contributed by atoms with van der Waals surface area (Å²) in [7, 11) is 1.62. The second-order valence-corrected chi connectivity index (χ2v) is 7.14. The number of aryl methyl sites for hydroxylation is 2. The normalized spacial score (nSPS) is 18.0. The Labute approximate surface area is 156 Å². The molecule has 5 heteroatoms. The minimum absolute atomic E-state index is 0.0334. The third-order valence-corrected chi connectivity index (χ3v) is 5.14. The van der Waals surface area contributed by atoms with Gasteiger partial charge in [0.15, 0.2) is 5.78 Å². The summed E-state index contributed by atoms with van der Waals surface area (Å²) in [4.78, 5) is 15.4. The summed E-state index contributed by atoms with van der Waals surface area (Å²) in [6, 6.07) is 7.54. The topological polar surface area (TPSA) is 47.4 Å². The van der Waals surface area contributed by atoms with Gasteiger partial charge in [0.05, 0.1) is 18.4 Å². The van der Waals surface area contributed by atoms with Crippen LogP contribution in [0.1, 0.15) is 47.8 Å². The fraction of sp³-hybridized carbons (Fsp3) is 0.524. The highest BCUT2D eigenvalue weighted by molar-refractivity contribution is 6.00. The zero-order chi connectivity index (χ0) is 18.5. The first-order valence-electron chi connectivity index (χ1n) is 9.55. The number of ether oxygens (including phenoxy) is 1. The standard InChI is InChI=1S/C21H29N3O2/c1-4-11-24-15-18(16(2)22-24)14-23-12-7-8-17(13-23)21(25)19-9-5-6-10-20(19)26-3/h5-6,9-10,15,17H,4,7-8,11-14H2,1-3H3. The van der Waals surface area contributed by atoms with E-state index in [4.69, 9.17) is 4.74 Å². The molecule has 0 radical (unpaired) electrons. The van der Waals surface area contributed by atoms with Gasteiger partial charge in [-0.25, -0.2) is 0 Å². The Morgan fingerprint density at radius 1 is 1.35 bits per heavy atom. The molecule has 0 amide bonds. The molecule has 0 N–H and O–H groups in total. The summed E-state index contributed by atoms with van der Waals surface area (Å²) in [5.74, 6) is 0.905. The van der Waals surface area contributed by atoms with Crippen molar-refractivity contribution in [3.05, 3.63) is 47.3 Å². The van der Waals surface area contributed by atoms with E-state index in [-0.39, 0.29) is 11.7 Å². The van der Waals surface area contributed by atoms with Crippen molar-refractivity contribution < 1.29 is 9.53 Å². The zero-order valence-corrected chi connectivity index (χ0v) is 16.1. The van der Waals surface area contributed by atoms with Crippen molar-refractivity contribution in [2.75, 3.05) is 20.2 Å². The van der Waals surface area contributed by atoms with Crippen molar-refractivity contribution >= 4 is 5.78 Å². The van der Waals surface area contributed by atoms with Crippen LogP contribution in [-0.2, 0) is 13.1 Å². The Morgan fingerprint density at radius 3 is 2.92 bits per heavy atom. The lowest BCUT2D eigenvalue weighted by Gasteiger charge is -2.32. The number of para-hydroxylation sites is 1. The maximum atomic E-state index is 13.0. The lowest BCUT2D eigenvalue weighted by molar-refractivity contribution is 0.0808. The summed E-state index contributed by atoms with van der Waals surface area (Å²) < 4.78 is 7.41. The number of hydrogen-bond acceptors (Lipinski definition) is 4. The summed E-state index contributed by atoms with van der Waals surface area (Å²) in [6.07, 6.45) is 5.24. The fourth-order valence-electron chi connectivity index (χ4n) is 3.78. The monoisotopic (exact) mass is 355 g/mol. The number of carbonyl (C=O) groups excluding carboxylic acids is 1. The van der Waals surface area contributed by atoms with Gasteiger partial charge >= 0.3 is 0 Å². The van der Waals surface area contributed by atoms with Crippen LogP contribution >= 0.6 is 0 Å². The maximum Gasteiger partial charge on any atom is 0.170 e. The number of ketones is 1. The Morgan fingerprint density at radius 2 is 2.15 bits per heavy atom. The number of methoxy groups -OCH3 is 1. The first-order chi connectivity index (χ1) is 12.6. The SMILES string of the molecule is CCCn1cc(CN2CCCC(C(=O)c3ccccc3OC)C2)c(C)n1. The van der Waals surface area contributed by atoms with Crippen LogP contribution in [0, 0.1) is 12.8 Å². The van der Waals surface area contributed by atoms with Crippen molar-refractivity contribution in [2.45, 2.75) is 46.2 Å². The van der Waals surface area contributed by atoms with Crippen molar-refractivity contribution in [1.82, 2.24) is 14.7 Å². The molecular weight excluding hydrogens is 326 g/mol. The second kappa shape index (κ2) is 8.49. The molecule has 1 unspecified atom stereocenters. The molecule has 1 saturated heterocycles. The predicted octanol–water partition coefficient (Wildman–Crippen LogP) is 3.71. The highest BCUT2D eigenvalue weighted by Crippen LogP contribution is 2.27. The van der Waals surface area contributed by atoms with E-state index >= 15 is 0 Å². The Hall–Kier alpha value is -2.14. The molecular formula is C21H29N3O2. The lowest BCUT2D eigenvalue weighted by Crippen LogP contribution is -2.38. The van der Waals surface area contributed by atoms with E-state index in [0.717, 1.165) is 51.1 Å². The van der Waals surface area contributed by atoms with Crippen LogP contribution in [-0.4, -0.2) is 40.7 Å². The van der Waals surface area contributed by atoms with E-state index in [2.05, 4.69) is 30.0 Å². The van der Waals surface area contributed by atoms with Gasteiger partial charge < -0.3 is 4.74 Å². The molecule has 26 heavy (non-hydrogen) atoms. The smallest absolute Gasteiger partial charge is 0.170 e. The molecule has 5 nitrogen and oxygen atoms in total. The van der Waals surface area contributed by atoms with E-state index < -0.39 is 0 Å². The molecule has 3 rings (SSSR count). The number of likely N-dealkylation sites (tertiary alicyclic amines) is 1. The van der Waals surface area contributed by atoms with Gasteiger partial charge in [0.2, 0.25) is 0 Å². The Bertz CT molecular complexity index is 753. The van der Waals surface area contributed by atoms with Crippen LogP contribution in [0.5, 0.6) is 5.75 Å². The molecule has 0 spiro atoms. The van der Waals surface area contributed by atoms with Crippen molar-refractivity contribution in [3.63, 3.8) is 0 Å². The molecule has 1 atom stereocenters. The van der Waals surface area contributed by atoms with Crippen LogP contribution in [0.25, 0.3) is 0 Å². The van der Waals surface area contributed by atoms with E-state index in [0.29, 0.717) is 11.3 Å². The van der Waals surface area contributed by atoms with Crippen LogP contribution in [0.2, 0.25) is 0 Å². The molecule has 0 aliphatic carbocycles. The highest BCUT2D eigenvalue weighted by Gasteiger charge is 2.28. The van der Waals surface area contributed by atoms with Crippen molar-refractivity contribution in [1.29, 1.82) is 0 Å². The number of rotatable bonds is 7. The summed E-state index contributed by atoms with van der Waals surface area (Å²) >= 11 is 0. The van der Waals surface area contributed by atoms with Gasteiger partial charge in [-0.05, 0) is 44.9 Å². The van der Waals surface area contributed by atoms with E-state index in [1.165, 1.54) is 5.56 Å². The highest BCUT2D eigenvalue weighted by atomic mass is 16.5. The molecule has 1 fully saturated rings. The Balaban J connectivity index is 1.68. The van der Waals surface area contributed by atoms with Gasteiger partial charge in [0.1, 0.15) is 5.75 Å². The summed E-state index contributed by atoms with van der Waals surface area (Å²) in [5, 5.41) is 4.60. The molecule has 1 aliphatic rings. The maximum absolute atomic E-state index is 13.0. The van der Waals surface area contributed by atoms with Crippen LogP contribution < -0.4 is 4.74 Å². The summed E-state index contributed by atoms with van der Waals surface area (Å²) in [6.45, 7) is 7.89.